The number of nitrogens with zero attached hydrogens (tertiary/aromatic N) is 10. The molecule has 23 rings (SSSR count). The third-order valence-electron chi connectivity index (χ3n) is 22.4. The van der Waals surface area contributed by atoms with Gasteiger partial charge in [0.25, 0.3) is 0 Å². The summed E-state index contributed by atoms with van der Waals surface area (Å²) in [5.74, 6) is 1.59. The van der Waals surface area contributed by atoms with Crippen LogP contribution in [0.2, 0.25) is 0 Å². The molecule has 22 aromatic rings. The summed E-state index contributed by atoms with van der Waals surface area (Å²) in [6.45, 7) is 8.32. The van der Waals surface area contributed by atoms with Crippen molar-refractivity contribution in [2.24, 2.45) is 0 Å². The number of furan rings is 2. The van der Waals surface area contributed by atoms with Crippen molar-refractivity contribution in [2.75, 3.05) is 0 Å². The molecule has 0 radical (unpaired) electrons. The highest BCUT2D eigenvalue weighted by Gasteiger charge is 2.52. The first-order chi connectivity index (χ1) is 53.9. The normalized spacial score (nSPS) is 13.5. The number of hydrogen-bond donors (Lipinski definition) is 0. The van der Waals surface area contributed by atoms with Gasteiger partial charge in [-0.2, -0.15) is 10.5 Å². The second-order valence-electron chi connectivity index (χ2n) is 29.0. The van der Waals surface area contributed by atoms with E-state index >= 15 is 0 Å². The Morgan fingerprint density at radius 2 is 0.709 bits per heavy atom. The number of para-hydroxylation sites is 12. The molecule has 1 fully saturated rings. The summed E-state index contributed by atoms with van der Waals surface area (Å²) in [6.07, 6.45) is 0. The Labute approximate surface area is 642 Å². The Balaban J connectivity index is 0.000000112. The van der Waals surface area contributed by atoms with Gasteiger partial charge in [0.1, 0.15) is 34.5 Å². The molecular formula is C94H62BIN10O4. The second kappa shape index (κ2) is 24.8. The standard InChI is InChI=1S/C44H25N5O.C30H26BNO3.C20H11IN4/c45-26-34-29(12-9-19-38(34)48-40-17-7-8-18-41(40)49-39-16-6-3-13-35(39)46-44(48)49)27-20-22-42-32(24-27)33-25-28(21-23-43(33)50-42)47-36-14-4-1-10-30(36)31-11-2-5-15-37(31)47;1-29(2)30(3,4)35-31(34-29)19-13-15-27-23(17-19)24-18-20(14-16-28(24)33-27)32-25-11-7-5-9-21(25)22-10-6-8-12-26(22)32;21-14-6-5-11-16(13(14)12-22)24-18-9-3-4-10-19(18)25-17-8-2-1-7-15(17)23-20(24)25/h1-25H;5-18H,1-4H3;1-11H. The molecule has 0 N–H and O–H groups in total. The van der Waals surface area contributed by atoms with Gasteiger partial charge in [-0.3, -0.25) is 17.9 Å². The van der Waals surface area contributed by atoms with Crippen LogP contribution in [0, 0.1) is 26.2 Å². The van der Waals surface area contributed by atoms with Crippen molar-refractivity contribution >= 4 is 178 Å². The van der Waals surface area contributed by atoms with Gasteiger partial charge < -0.3 is 27.3 Å². The molecule has 0 aliphatic carbocycles. The van der Waals surface area contributed by atoms with E-state index in [-0.39, 0.29) is 11.2 Å². The Morgan fingerprint density at radius 3 is 1.17 bits per heavy atom. The molecule has 1 aliphatic heterocycles. The molecule has 0 atom stereocenters. The van der Waals surface area contributed by atoms with E-state index in [0.717, 1.165) is 154 Å². The SMILES string of the molecule is CC1(C)OB(c2ccc3oc4ccc(-n5c6ccccc6c6ccccc65)cc4c3c2)OC1(C)C.N#Cc1c(-c2ccc3oc4ccc(-n5c6ccccc6c6ccccc65)cc4c3c2)cccc1-n1c2ccccc2n2c3ccccc3nc12.N#Cc1c(I)cccc1-n1c2ccccc2n2c3ccccc3nc12. The van der Waals surface area contributed by atoms with E-state index in [0.29, 0.717) is 11.1 Å². The fraction of sp³-hybridized carbons (Fsp3) is 0.0638. The number of imidazole rings is 4. The fourth-order valence-electron chi connectivity index (χ4n) is 16.6. The predicted octanol–water partition coefficient (Wildman–Crippen LogP) is 22.9. The minimum atomic E-state index is -0.408. The van der Waals surface area contributed by atoms with Gasteiger partial charge in [-0.15, -0.1) is 0 Å². The van der Waals surface area contributed by atoms with Crippen molar-refractivity contribution in [1.82, 2.24) is 37.0 Å². The molecule has 522 valence electrons. The average Bonchev–Trinajstić information content (AvgIpc) is 1.57. The lowest BCUT2D eigenvalue weighted by Crippen LogP contribution is -2.41. The molecule has 1 aliphatic rings. The van der Waals surface area contributed by atoms with Crippen LogP contribution in [0.1, 0.15) is 38.8 Å². The first-order valence-electron chi connectivity index (χ1n) is 36.6. The first-order valence-corrected chi connectivity index (χ1v) is 37.7. The molecule has 0 amide bonds. The first kappa shape index (κ1) is 64.9. The summed E-state index contributed by atoms with van der Waals surface area (Å²) < 4.78 is 39.3. The third-order valence-corrected chi connectivity index (χ3v) is 23.3. The topological polar surface area (TPSA) is 147 Å². The number of benzene rings is 14. The highest BCUT2D eigenvalue weighted by Crippen LogP contribution is 2.43. The molecule has 110 heavy (non-hydrogen) atoms. The Bertz CT molecular complexity index is 7590. The molecule has 8 aromatic heterocycles. The highest BCUT2D eigenvalue weighted by atomic mass is 127. The van der Waals surface area contributed by atoms with Gasteiger partial charge in [0.2, 0.25) is 11.6 Å². The van der Waals surface area contributed by atoms with Crippen LogP contribution in [-0.2, 0) is 9.31 Å². The lowest BCUT2D eigenvalue weighted by Gasteiger charge is -2.32. The van der Waals surface area contributed by atoms with Crippen LogP contribution in [0.25, 0.3) is 177 Å². The van der Waals surface area contributed by atoms with Gasteiger partial charge in [0.05, 0.1) is 99.9 Å². The molecule has 0 spiro atoms. The summed E-state index contributed by atoms with van der Waals surface area (Å²) in [6, 6.07) is 109. The largest absolute Gasteiger partial charge is 0.494 e. The van der Waals surface area contributed by atoms with Crippen LogP contribution in [0.15, 0.2) is 312 Å². The molecule has 1 saturated heterocycles. The van der Waals surface area contributed by atoms with E-state index in [1.165, 1.54) is 32.6 Å². The molecule has 16 heteroatoms. The van der Waals surface area contributed by atoms with Crippen LogP contribution >= 0.6 is 22.6 Å². The number of nitriles is 2. The molecule has 14 aromatic carbocycles. The van der Waals surface area contributed by atoms with Crippen LogP contribution < -0.4 is 5.46 Å². The number of rotatable bonds is 6. The van der Waals surface area contributed by atoms with Crippen molar-refractivity contribution in [1.29, 1.82) is 10.5 Å². The molecule has 0 saturated carbocycles. The van der Waals surface area contributed by atoms with Crippen molar-refractivity contribution in [3.8, 4) is 46.0 Å². The smallest absolute Gasteiger partial charge is 0.456 e. The number of aromatic nitrogens is 8. The maximum Gasteiger partial charge on any atom is 0.494 e. The Morgan fingerprint density at radius 1 is 0.336 bits per heavy atom. The second-order valence-corrected chi connectivity index (χ2v) is 30.2. The molecule has 9 heterocycles. The molecule has 0 bridgehead atoms. The van der Waals surface area contributed by atoms with E-state index in [1.54, 1.807) is 0 Å². The van der Waals surface area contributed by atoms with E-state index in [9.17, 15) is 10.5 Å². The highest BCUT2D eigenvalue weighted by molar-refractivity contribution is 14.1. The molecule has 0 unspecified atom stereocenters. The lowest BCUT2D eigenvalue weighted by molar-refractivity contribution is 0.00578. The molecular weight excluding hydrogens is 1470 g/mol. The number of halogens is 1. The van der Waals surface area contributed by atoms with Crippen LogP contribution in [0.3, 0.4) is 0 Å². The zero-order valence-corrected chi connectivity index (χ0v) is 62.1. The van der Waals surface area contributed by atoms with Gasteiger partial charge in [-0.1, -0.05) is 158 Å². The van der Waals surface area contributed by atoms with Crippen LogP contribution in [0.4, 0.5) is 0 Å². The van der Waals surface area contributed by atoms with Gasteiger partial charge in [0, 0.05) is 63.6 Å². The minimum absolute atomic E-state index is 0.380. The summed E-state index contributed by atoms with van der Waals surface area (Å²) in [4.78, 5) is 9.89. The van der Waals surface area contributed by atoms with E-state index in [4.69, 9.17) is 28.1 Å². The average molecular weight is 1530 g/mol. The van der Waals surface area contributed by atoms with E-state index < -0.39 is 7.12 Å². The monoisotopic (exact) mass is 1530 g/mol. The zero-order chi connectivity index (χ0) is 73.8. The van der Waals surface area contributed by atoms with Gasteiger partial charge in [-0.05, 0) is 207 Å². The van der Waals surface area contributed by atoms with Gasteiger partial charge in [-0.25, -0.2) is 9.97 Å². The Hall–Kier alpha value is -13.5. The quantitative estimate of drug-likeness (QED) is 0.118. The number of fused-ring (bicyclic) bond motifs is 22. The van der Waals surface area contributed by atoms with Crippen molar-refractivity contribution in [3.05, 3.63) is 318 Å². The summed E-state index contributed by atoms with van der Waals surface area (Å²) in [7, 11) is -0.408. The minimum Gasteiger partial charge on any atom is -0.456 e. The van der Waals surface area contributed by atoms with E-state index in [2.05, 4.69) is 271 Å². The Kier molecular flexibility index (Phi) is 14.6. The summed E-state index contributed by atoms with van der Waals surface area (Å²) in [5, 5.41) is 29.6. The molecule has 14 nitrogen and oxygen atoms in total. The lowest BCUT2D eigenvalue weighted by atomic mass is 9.78. The van der Waals surface area contributed by atoms with Crippen molar-refractivity contribution in [3.63, 3.8) is 0 Å². The summed E-state index contributed by atoms with van der Waals surface area (Å²) >= 11 is 2.21. The zero-order valence-electron chi connectivity index (χ0n) is 59.9. The third kappa shape index (κ3) is 9.86. The van der Waals surface area contributed by atoms with Gasteiger partial charge >= 0.3 is 7.12 Å². The van der Waals surface area contributed by atoms with Crippen molar-refractivity contribution in [2.45, 2.75) is 38.9 Å². The number of hydrogen-bond acceptors (Lipinski definition) is 8. The van der Waals surface area contributed by atoms with E-state index in [1.807, 2.05) is 121 Å². The summed E-state index contributed by atoms with van der Waals surface area (Å²) in [5.41, 5.74) is 23.3. The van der Waals surface area contributed by atoms with Crippen LogP contribution in [-0.4, -0.2) is 55.4 Å². The maximum atomic E-state index is 10.8. The van der Waals surface area contributed by atoms with Gasteiger partial charge in [0.15, 0.2) is 0 Å². The predicted molar refractivity (Wildman–Crippen MR) is 452 cm³/mol. The fourth-order valence-corrected chi connectivity index (χ4v) is 17.2. The van der Waals surface area contributed by atoms with Crippen LogP contribution in [0.5, 0.6) is 0 Å². The van der Waals surface area contributed by atoms with Crippen molar-refractivity contribution < 1.29 is 18.1 Å². The maximum absolute atomic E-state index is 10.8.